The van der Waals surface area contributed by atoms with Gasteiger partial charge in [0.1, 0.15) is 0 Å². The molecule has 0 aromatic heterocycles. The van der Waals surface area contributed by atoms with E-state index in [1.54, 1.807) is 7.11 Å². The number of unbranched alkanes of at least 4 members (excludes halogenated alkanes) is 1. The van der Waals surface area contributed by atoms with Crippen LogP contribution in [0.15, 0.2) is 30.3 Å². The average Bonchev–Trinajstić information content (AvgIpc) is 2.34. The Balaban J connectivity index is 2.33. The summed E-state index contributed by atoms with van der Waals surface area (Å²) in [7, 11) is 1.72. The third-order valence-corrected chi connectivity index (χ3v) is 2.94. The average molecular weight is 222 g/mol. The Morgan fingerprint density at radius 2 is 1.88 bits per heavy atom. The minimum atomic E-state index is -0.344. The van der Waals surface area contributed by atoms with Gasteiger partial charge in [0, 0.05) is 13.7 Å². The molecule has 0 aliphatic rings. The van der Waals surface area contributed by atoms with E-state index < -0.39 is 0 Å². The zero-order chi connectivity index (χ0) is 11.8. The molecular weight excluding hydrogens is 200 g/mol. The van der Waals surface area contributed by atoms with Crippen molar-refractivity contribution in [2.75, 3.05) is 13.7 Å². The van der Waals surface area contributed by atoms with Crippen LogP contribution in [-0.4, -0.2) is 18.8 Å². The molecule has 2 nitrogen and oxygen atoms in total. The molecule has 1 rings (SSSR count). The van der Waals surface area contributed by atoms with Crippen LogP contribution in [0.1, 0.15) is 37.9 Å². The lowest BCUT2D eigenvalue weighted by Gasteiger charge is -2.19. The Hall–Kier alpha value is -0.860. The molecular formula is C14H22O2. The van der Waals surface area contributed by atoms with Crippen LogP contribution in [-0.2, 0) is 4.74 Å². The molecule has 0 aliphatic carbocycles. The fourth-order valence-electron chi connectivity index (χ4n) is 1.85. The van der Waals surface area contributed by atoms with Gasteiger partial charge in [-0.25, -0.2) is 0 Å². The molecule has 2 atom stereocenters. The van der Waals surface area contributed by atoms with E-state index in [0.29, 0.717) is 5.92 Å². The highest BCUT2D eigenvalue weighted by Gasteiger charge is 2.15. The predicted molar refractivity (Wildman–Crippen MR) is 66.3 cm³/mol. The Kier molecular flexibility index (Phi) is 6.12. The van der Waals surface area contributed by atoms with Crippen LogP contribution in [0.5, 0.6) is 0 Å². The minimum Gasteiger partial charge on any atom is -0.388 e. The number of methoxy groups -OCH3 is 1. The van der Waals surface area contributed by atoms with E-state index in [-0.39, 0.29) is 6.10 Å². The lowest BCUT2D eigenvalue weighted by molar-refractivity contribution is 0.108. The van der Waals surface area contributed by atoms with E-state index >= 15 is 0 Å². The van der Waals surface area contributed by atoms with Crippen LogP contribution < -0.4 is 0 Å². The number of benzene rings is 1. The third-order valence-electron chi connectivity index (χ3n) is 2.94. The second-order valence-corrected chi connectivity index (χ2v) is 4.32. The van der Waals surface area contributed by atoms with Gasteiger partial charge in [-0.05, 0) is 24.3 Å². The number of hydrogen-bond acceptors (Lipinski definition) is 2. The van der Waals surface area contributed by atoms with Gasteiger partial charge in [-0.1, -0.05) is 43.7 Å². The number of hydrogen-bond donors (Lipinski definition) is 1. The second-order valence-electron chi connectivity index (χ2n) is 4.32. The predicted octanol–water partition coefficient (Wildman–Crippen LogP) is 3.17. The first-order valence-electron chi connectivity index (χ1n) is 5.97. The summed E-state index contributed by atoms with van der Waals surface area (Å²) < 4.78 is 5.01. The molecule has 0 fully saturated rings. The van der Waals surface area contributed by atoms with Gasteiger partial charge in [-0.2, -0.15) is 0 Å². The van der Waals surface area contributed by atoms with Gasteiger partial charge < -0.3 is 9.84 Å². The van der Waals surface area contributed by atoms with Crippen molar-refractivity contribution in [1.29, 1.82) is 0 Å². The zero-order valence-electron chi connectivity index (χ0n) is 10.2. The third kappa shape index (κ3) is 4.33. The van der Waals surface area contributed by atoms with Gasteiger partial charge in [0.2, 0.25) is 0 Å². The maximum Gasteiger partial charge on any atom is 0.0815 e. The topological polar surface area (TPSA) is 29.5 Å². The second kappa shape index (κ2) is 7.42. The molecule has 0 saturated heterocycles. The summed E-state index contributed by atoms with van der Waals surface area (Å²) in [4.78, 5) is 0. The van der Waals surface area contributed by atoms with Crippen LogP contribution in [0.2, 0.25) is 0 Å². The van der Waals surface area contributed by atoms with Gasteiger partial charge in [0.15, 0.2) is 0 Å². The number of ether oxygens (including phenoxy) is 1. The summed E-state index contributed by atoms with van der Waals surface area (Å²) in [5, 5.41) is 10.1. The van der Waals surface area contributed by atoms with Crippen molar-refractivity contribution in [3.05, 3.63) is 35.9 Å². The molecule has 0 radical (unpaired) electrons. The summed E-state index contributed by atoms with van der Waals surface area (Å²) in [5.74, 6) is 0.305. The van der Waals surface area contributed by atoms with Crippen LogP contribution >= 0.6 is 0 Å². The smallest absolute Gasteiger partial charge is 0.0815 e. The monoisotopic (exact) mass is 222 g/mol. The van der Waals surface area contributed by atoms with Crippen molar-refractivity contribution in [2.45, 2.75) is 32.3 Å². The van der Waals surface area contributed by atoms with Gasteiger partial charge >= 0.3 is 0 Å². The van der Waals surface area contributed by atoms with E-state index in [1.807, 2.05) is 30.3 Å². The van der Waals surface area contributed by atoms with Crippen LogP contribution in [0.4, 0.5) is 0 Å². The fraction of sp³-hybridized carbons (Fsp3) is 0.571. The standard InChI is InChI=1S/C14H22O2/c1-12(8-6-7-11-16-2)14(15)13-9-4-3-5-10-13/h3-5,9-10,12,14-15H,6-8,11H2,1-2H3. The van der Waals surface area contributed by atoms with Gasteiger partial charge in [-0.15, -0.1) is 0 Å². The van der Waals surface area contributed by atoms with E-state index in [0.717, 1.165) is 31.4 Å². The van der Waals surface area contributed by atoms with Crippen molar-refractivity contribution < 1.29 is 9.84 Å². The Morgan fingerprint density at radius 1 is 1.19 bits per heavy atom. The molecule has 0 aliphatic heterocycles. The zero-order valence-corrected chi connectivity index (χ0v) is 10.2. The molecule has 0 amide bonds. The Morgan fingerprint density at radius 3 is 2.50 bits per heavy atom. The number of aliphatic hydroxyl groups excluding tert-OH is 1. The van der Waals surface area contributed by atoms with E-state index in [9.17, 15) is 5.11 Å². The molecule has 0 saturated carbocycles. The lowest BCUT2D eigenvalue weighted by atomic mass is 9.93. The molecule has 2 heteroatoms. The van der Waals surface area contributed by atoms with Gasteiger partial charge in [0.25, 0.3) is 0 Å². The maximum absolute atomic E-state index is 10.1. The summed E-state index contributed by atoms with van der Waals surface area (Å²) in [5.41, 5.74) is 1.02. The van der Waals surface area contributed by atoms with Crippen LogP contribution in [0.25, 0.3) is 0 Å². The summed E-state index contributed by atoms with van der Waals surface area (Å²) in [6.45, 7) is 2.92. The van der Waals surface area contributed by atoms with E-state index in [4.69, 9.17) is 4.74 Å². The van der Waals surface area contributed by atoms with Crippen LogP contribution in [0.3, 0.4) is 0 Å². The molecule has 1 aromatic carbocycles. The molecule has 0 heterocycles. The molecule has 1 aromatic rings. The highest BCUT2D eigenvalue weighted by atomic mass is 16.5. The van der Waals surface area contributed by atoms with Crippen molar-refractivity contribution in [3.8, 4) is 0 Å². The Labute approximate surface area is 98.3 Å². The molecule has 2 unspecified atom stereocenters. The van der Waals surface area contributed by atoms with Gasteiger partial charge in [0.05, 0.1) is 6.10 Å². The van der Waals surface area contributed by atoms with Crippen molar-refractivity contribution in [3.63, 3.8) is 0 Å². The normalized spacial score (nSPS) is 14.7. The maximum atomic E-state index is 10.1. The van der Waals surface area contributed by atoms with Crippen LogP contribution in [0, 0.1) is 5.92 Å². The van der Waals surface area contributed by atoms with E-state index in [2.05, 4.69) is 6.92 Å². The quantitative estimate of drug-likeness (QED) is 0.718. The summed E-state index contributed by atoms with van der Waals surface area (Å²) >= 11 is 0. The largest absolute Gasteiger partial charge is 0.388 e. The van der Waals surface area contributed by atoms with E-state index in [1.165, 1.54) is 0 Å². The van der Waals surface area contributed by atoms with Crippen molar-refractivity contribution in [2.24, 2.45) is 5.92 Å². The first-order valence-corrected chi connectivity index (χ1v) is 5.97. The lowest BCUT2D eigenvalue weighted by Crippen LogP contribution is -2.09. The van der Waals surface area contributed by atoms with Gasteiger partial charge in [-0.3, -0.25) is 0 Å². The highest BCUT2D eigenvalue weighted by molar-refractivity contribution is 5.17. The molecule has 90 valence electrons. The highest BCUT2D eigenvalue weighted by Crippen LogP contribution is 2.25. The SMILES string of the molecule is COCCCCC(C)C(O)c1ccccc1. The van der Waals surface area contributed by atoms with Crippen molar-refractivity contribution in [1.82, 2.24) is 0 Å². The molecule has 16 heavy (non-hydrogen) atoms. The van der Waals surface area contributed by atoms with Crippen molar-refractivity contribution >= 4 is 0 Å². The summed E-state index contributed by atoms with van der Waals surface area (Å²) in [6, 6.07) is 9.87. The number of rotatable bonds is 7. The summed E-state index contributed by atoms with van der Waals surface area (Å²) in [6.07, 6.45) is 2.88. The minimum absolute atomic E-state index is 0.305. The molecule has 0 bridgehead atoms. The number of aliphatic hydroxyl groups is 1. The molecule has 0 spiro atoms. The fourth-order valence-corrected chi connectivity index (χ4v) is 1.85. The first-order chi connectivity index (χ1) is 7.75. The first kappa shape index (κ1) is 13.2. The Bertz CT molecular complexity index is 271. The molecule has 1 N–H and O–H groups in total.